The number of pyridine rings is 1. The maximum Gasteiger partial charge on any atom is 0.269 e. The fourth-order valence-corrected chi connectivity index (χ4v) is 1.70. The molecule has 0 atom stereocenters. The number of nitrogens with zero attached hydrogens (tertiary/aromatic N) is 2. The fraction of sp³-hybridized carbons (Fsp3) is 0.154. The van der Waals surface area contributed by atoms with Gasteiger partial charge in [-0.15, -0.1) is 0 Å². The van der Waals surface area contributed by atoms with Crippen LogP contribution in [-0.4, -0.2) is 9.91 Å². The largest absolute Gasteiger partial charge is 0.380 e. The van der Waals surface area contributed by atoms with E-state index in [0.29, 0.717) is 11.7 Å². The first-order valence-corrected chi connectivity index (χ1v) is 6.03. The first-order valence-electron chi connectivity index (χ1n) is 5.65. The second-order valence-electron chi connectivity index (χ2n) is 4.11. The highest BCUT2D eigenvalue weighted by atomic mass is 35.5. The molecular weight excluding hydrogens is 266 g/mol. The summed E-state index contributed by atoms with van der Waals surface area (Å²) in [7, 11) is 0. The number of benzene rings is 1. The van der Waals surface area contributed by atoms with E-state index in [1.807, 2.05) is 13.0 Å². The molecule has 2 rings (SSSR count). The lowest BCUT2D eigenvalue weighted by atomic mass is 10.2. The maximum atomic E-state index is 10.5. The zero-order valence-electron chi connectivity index (χ0n) is 10.3. The molecule has 1 heterocycles. The summed E-state index contributed by atoms with van der Waals surface area (Å²) in [5.74, 6) is 0. The Balaban J connectivity index is 2.01. The van der Waals surface area contributed by atoms with Crippen molar-refractivity contribution in [1.29, 1.82) is 0 Å². The second kappa shape index (κ2) is 5.67. The molecule has 0 spiro atoms. The van der Waals surface area contributed by atoms with Crippen LogP contribution in [0.1, 0.15) is 11.1 Å². The monoisotopic (exact) mass is 277 g/mol. The van der Waals surface area contributed by atoms with Crippen LogP contribution in [0.25, 0.3) is 0 Å². The van der Waals surface area contributed by atoms with Gasteiger partial charge in [0.05, 0.1) is 16.8 Å². The predicted molar refractivity (Wildman–Crippen MR) is 74.4 cm³/mol. The van der Waals surface area contributed by atoms with E-state index in [9.17, 15) is 10.1 Å². The third-order valence-corrected chi connectivity index (χ3v) is 3.05. The third kappa shape index (κ3) is 3.42. The van der Waals surface area contributed by atoms with Crippen LogP contribution in [0.15, 0.2) is 36.5 Å². The van der Waals surface area contributed by atoms with Gasteiger partial charge in [0.15, 0.2) is 0 Å². The fourth-order valence-electron chi connectivity index (χ4n) is 1.59. The molecule has 1 aromatic carbocycles. The Morgan fingerprint density at radius 1 is 1.37 bits per heavy atom. The average molecular weight is 278 g/mol. The molecule has 0 unspecified atom stereocenters. The number of rotatable bonds is 4. The van der Waals surface area contributed by atoms with Crippen LogP contribution in [0.5, 0.6) is 0 Å². The van der Waals surface area contributed by atoms with E-state index in [1.54, 1.807) is 18.3 Å². The number of nitro benzene ring substituents is 1. The van der Waals surface area contributed by atoms with Crippen LogP contribution >= 0.6 is 11.6 Å². The number of aromatic nitrogens is 1. The first kappa shape index (κ1) is 13.3. The summed E-state index contributed by atoms with van der Waals surface area (Å²) in [5, 5.41) is 14.2. The van der Waals surface area contributed by atoms with Gasteiger partial charge < -0.3 is 5.32 Å². The molecule has 0 bridgehead atoms. The minimum Gasteiger partial charge on any atom is -0.380 e. The third-order valence-electron chi connectivity index (χ3n) is 2.66. The van der Waals surface area contributed by atoms with Crippen molar-refractivity contribution in [2.24, 2.45) is 0 Å². The van der Waals surface area contributed by atoms with Crippen LogP contribution in [0.2, 0.25) is 5.15 Å². The molecule has 1 N–H and O–H groups in total. The molecular formula is C13H12ClN3O2. The molecule has 1 aromatic heterocycles. The van der Waals surface area contributed by atoms with Gasteiger partial charge in [-0.1, -0.05) is 23.7 Å². The quantitative estimate of drug-likeness (QED) is 0.527. The molecule has 6 heteroatoms. The minimum atomic E-state index is -0.413. The number of aryl methyl sites for hydroxylation is 1. The van der Waals surface area contributed by atoms with Crippen molar-refractivity contribution in [3.63, 3.8) is 0 Å². The van der Waals surface area contributed by atoms with Crippen molar-refractivity contribution < 1.29 is 4.92 Å². The van der Waals surface area contributed by atoms with Crippen LogP contribution < -0.4 is 5.32 Å². The van der Waals surface area contributed by atoms with Gasteiger partial charge in [-0.05, 0) is 24.1 Å². The van der Waals surface area contributed by atoms with E-state index in [-0.39, 0.29) is 5.69 Å². The Kier molecular flexibility index (Phi) is 3.97. The summed E-state index contributed by atoms with van der Waals surface area (Å²) < 4.78 is 0. The zero-order chi connectivity index (χ0) is 13.8. The summed E-state index contributed by atoms with van der Waals surface area (Å²) >= 11 is 5.84. The number of nitrogens with one attached hydrogen (secondary N) is 1. The van der Waals surface area contributed by atoms with Crippen molar-refractivity contribution in [3.05, 3.63) is 62.9 Å². The van der Waals surface area contributed by atoms with Gasteiger partial charge in [-0.3, -0.25) is 10.1 Å². The molecule has 98 valence electrons. The van der Waals surface area contributed by atoms with Crippen molar-refractivity contribution >= 4 is 23.0 Å². The average Bonchev–Trinajstić information content (AvgIpc) is 2.40. The summed E-state index contributed by atoms with van der Waals surface area (Å²) in [4.78, 5) is 14.2. The molecule has 0 saturated carbocycles. The molecule has 0 aliphatic heterocycles. The van der Waals surface area contributed by atoms with E-state index >= 15 is 0 Å². The Labute approximate surface area is 115 Å². The van der Waals surface area contributed by atoms with Gasteiger partial charge >= 0.3 is 0 Å². The van der Waals surface area contributed by atoms with Gasteiger partial charge in [-0.25, -0.2) is 4.98 Å². The van der Waals surface area contributed by atoms with Crippen LogP contribution in [0.4, 0.5) is 11.4 Å². The zero-order valence-corrected chi connectivity index (χ0v) is 11.0. The van der Waals surface area contributed by atoms with Gasteiger partial charge in [0, 0.05) is 18.7 Å². The Hall–Kier alpha value is -2.14. The molecule has 0 radical (unpaired) electrons. The van der Waals surface area contributed by atoms with E-state index in [0.717, 1.165) is 16.8 Å². The number of nitro groups is 1. The summed E-state index contributed by atoms with van der Waals surface area (Å²) in [6.45, 7) is 2.45. The SMILES string of the molecule is Cc1cc(NCc2ccc([N+](=O)[O-])cc2)cnc1Cl. The standard InChI is InChI=1S/C13H12ClN3O2/c1-9-6-11(8-16-13(9)14)15-7-10-2-4-12(5-3-10)17(18)19/h2-6,8,15H,7H2,1H3. The molecule has 0 amide bonds. The molecule has 5 nitrogen and oxygen atoms in total. The molecule has 0 fully saturated rings. The van der Waals surface area contributed by atoms with Crippen molar-refractivity contribution in [2.75, 3.05) is 5.32 Å². The number of non-ortho nitro benzene ring substituents is 1. The second-order valence-corrected chi connectivity index (χ2v) is 4.47. The van der Waals surface area contributed by atoms with E-state index in [1.165, 1.54) is 12.1 Å². The number of halogens is 1. The van der Waals surface area contributed by atoms with Gasteiger partial charge in [-0.2, -0.15) is 0 Å². The molecule has 2 aromatic rings. The number of anilines is 1. The minimum absolute atomic E-state index is 0.0905. The van der Waals surface area contributed by atoms with E-state index in [4.69, 9.17) is 11.6 Å². The van der Waals surface area contributed by atoms with Crippen LogP contribution in [-0.2, 0) is 6.54 Å². The van der Waals surface area contributed by atoms with Crippen LogP contribution in [0, 0.1) is 17.0 Å². The van der Waals surface area contributed by atoms with E-state index in [2.05, 4.69) is 10.3 Å². The first-order chi connectivity index (χ1) is 9.06. The lowest BCUT2D eigenvalue weighted by molar-refractivity contribution is -0.384. The summed E-state index contributed by atoms with van der Waals surface area (Å²) in [6, 6.07) is 8.33. The predicted octanol–water partition coefficient (Wildman–Crippen LogP) is 3.56. The highest BCUT2D eigenvalue weighted by Crippen LogP contribution is 2.17. The maximum absolute atomic E-state index is 10.5. The van der Waals surface area contributed by atoms with Gasteiger partial charge in [0.2, 0.25) is 0 Å². The highest BCUT2D eigenvalue weighted by molar-refractivity contribution is 6.30. The van der Waals surface area contributed by atoms with Gasteiger partial charge in [0.1, 0.15) is 5.15 Å². The lowest BCUT2D eigenvalue weighted by Crippen LogP contribution is -2.00. The normalized spacial score (nSPS) is 10.2. The summed E-state index contributed by atoms with van der Waals surface area (Å²) in [5.41, 5.74) is 2.81. The van der Waals surface area contributed by atoms with Gasteiger partial charge in [0.25, 0.3) is 5.69 Å². The number of hydrogen-bond acceptors (Lipinski definition) is 4. The van der Waals surface area contributed by atoms with Crippen molar-refractivity contribution in [2.45, 2.75) is 13.5 Å². The molecule has 0 saturated heterocycles. The topological polar surface area (TPSA) is 68.1 Å². The Morgan fingerprint density at radius 3 is 2.63 bits per heavy atom. The number of hydrogen-bond donors (Lipinski definition) is 1. The van der Waals surface area contributed by atoms with E-state index < -0.39 is 4.92 Å². The lowest BCUT2D eigenvalue weighted by Gasteiger charge is -2.07. The Bertz CT molecular complexity index is 599. The highest BCUT2D eigenvalue weighted by Gasteiger charge is 2.04. The molecule has 19 heavy (non-hydrogen) atoms. The summed E-state index contributed by atoms with van der Waals surface area (Å²) in [6.07, 6.45) is 1.65. The smallest absolute Gasteiger partial charge is 0.269 e. The van der Waals surface area contributed by atoms with Crippen molar-refractivity contribution in [1.82, 2.24) is 4.98 Å². The molecule has 0 aliphatic carbocycles. The Morgan fingerprint density at radius 2 is 2.05 bits per heavy atom. The molecule has 0 aliphatic rings. The van der Waals surface area contributed by atoms with Crippen LogP contribution in [0.3, 0.4) is 0 Å². The van der Waals surface area contributed by atoms with Crippen molar-refractivity contribution in [3.8, 4) is 0 Å².